The van der Waals surface area contributed by atoms with Gasteiger partial charge in [0.15, 0.2) is 11.5 Å². The van der Waals surface area contributed by atoms with E-state index in [-0.39, 0.29) is 17.5 Å². The molecule has 2 heterocycles. The molecule has 4 rings (SSSR count). The van der Waals surface area contributed by atoms with Crippen LogP contribution in [0.25, 0.3) is 22.6 Å². The molecule has 1 N–H and O–H groups in total. The molecule has 0 aliphatic rings. The summed E-state index contributed by atoms with van der Waals surface area (Å²) in [5, 5.41) is 0. The molecule has 0 spiro atoms. The van der Waals surface area contributed by atoms with E-state index in [0.29, 0.717) is 22.9 Å². The number of hydrogen-bond acceptors (Lipinski definition) is 3. The molecular weight excluding hydrogens is 355 g/mol. The van der Waals surface area contributed by atoms with Crippen LogP contribution in [0, 0.1) is 5.82 Å². The van der Waals surface area contributed by atoms with E-state index < -0.39 is 0 Å². The second-order valence-electron chi connectivity index (χ2n) is 7.20. The third-order valence-electron chi connectivity index (χ3n) is 5.02. The van der Waals surface area contributed by atoms with Gasteiger partial charge in [0.05, 0.1) is 12.2 Å². The molecule has 142 valence electrons. The fourth-order valence-electron chi connectivity index (χ4n) is 3.50. The Kier molecular flexibility index (Phi) is 4.55. The summed E-state index contributed by atoms with van der Waals surface area (Å²) < 4.78 is 14.9. The van der Waals surface area contributed by atoms with Gasteiger partial charge in [0, 0.05) is 5.56 Å². The Morgan fingerprint density at radius 2 is 1.75 bits per heavy atom. The lowest BCUT2D eigenvalue weighted by atomic mass is 9.97. The van der Waals surface area contributed by atoms with Gasteiger partial charge in [-0.2, -0.15) is 0 Å². The van der Waals surface area contributed by atoms with E-state index in [2.05, 4.69) is 29.9 Å². The Hall–Kier alpha value is -3.28. The van der Waals surface area contributed by atoms with Crippen LogP contribution in [0.4, 0.5) is 4.39 Å². The monoisotopic (exact) mass is 376 g/mol. The lowest BCUT2D eigenvalue weighted by Crippen LogP contribution is -2.21. The highest BCUT2D eigenvalue weighted by Crippen LogP contribution is 2.28. The lowest BCUT2D eigenvalue weighted by Gasteiger charge is -2.14. The molecule has 4 aromatic rings. The van der Waals surface area contributed by atoms with Gasteiger partial charge in [0.25, 0.3) is 0 Å². The van der Waals surface area contributed by atoms with Crippen molar-refractivity contribution in [3.63, 3.8) is 0 Å². The van der Waals surface area contributed by atoms with Gasteiger partial charge in [-0.1, -0.05) is 50.2 Å². The molecule has 2 aromatic heterocycles. The van der Waals surface area contributed by atoms with Crippen LogP contribution in [-0.2, 0) is 0 Å². The number of nitrogens with zero attached hydrogens (tertiary/aromatic N) is 3. The molecule has 0 radical (unpaired) electrons. The summed E-state index contributed by atoms with van der Waals surface area (Å²) in [5.74, 6) is 0.593. The minimum absolute atomic E-state index is 0.268. The number of H-pyrrole nitrogens is 1. The largest absolute Gasteiger partial charge is 0.328 e. The topological polar surface area (TPSA) is 63.6 Å². The van der Waals surface area contributed by atoms with E-state index in [1.165, 1.54) is 12.1 Å². The van der Waals surface area contributed by atoms with Crippen molar-refractivity contribution in [1.29, 1.82) is 0 Å². The number of halogens is 1. The first-order valence-electron chi connectivity index (χ1n) is 9.27. The van der Waals surface area contributed by atoms with Crippen molar-refractivity contribution in [3.8, 4) is 11.4 Å². The number of hydrogen-bond donors (Lipinski definition) is 1. The summed E-state index contributed by atoms with van der Waals surface area (Å²) in [4.78, 5) is 24.6. The Morgan fingerprint density at radius 1 is 1.04 bits per heavy atom. The third-order valence-corrected chi connectivity index (χ3v) is 5.02. The second-order valence-corrected chi connectivity index (χ2v) is 7.20. The number of aromatic amines is 1. The smallest absolute Gasteiger partial charge is 0.303 e. The van der Waals surface area contributed by atoms with Crippen molar-refractivity contribution in [2.45, 2.75) is 32.7 Å². The van der Waals surface area contributed by atoms with E-state index >= 15 is 0 Å². The minimum Gasteiger partial charge on any atom is -0.303 e. The van der Waals surface area contributed by atoms with Crippen molar-refractivity contribution < 1.29 is 4.39 Å². The van der Waals surface area contributed by atoms with E-state index in [9.17, 15) is 9.18 Å². The number of nitrogens with one attached hydrogen (secondary N) is 1. The molecule has 1 atom stereocenters. The first kappa shape index (κ1) is 18.1. The molecule has 0 saturated carbocycles. The average molecular weight is 376 g/mol. The molecule has 0 fully saturated rings. The Balaban J connectivity index is 1.88. The second kappa shape index (κ2) is 7.03. The zero-order valence-electron chi connectivity index (χ0n) is 16.0. The summed E-state index contributed by atoms with van der Waals surface area (Å²) in [6.07, 6.45) is 1.64. The molecule has 0 amide bonds. The highest BCUT2D eigenvalue weighted by Gasteiger charge is 2.18. The molecule has 6 heteroatoms. The Labute approximate surface area is 161 Å². The van der Waals surface area contributed by atoms with E-state index in [1.807, 2.05) is 25.1 Å². The lowest BCUT2D eigenvalue weighted by molar-refractivity contribution is 0.612. The first-order valence-corrected chi connectivity index (χ1v) is 9.27. The zero-order chi connectivity index (χ0) is 19.8. The number of aromatic nitrogens is 4. The van der Waals surface area contributed by atoms with Crippen LogP contribution in [0.15, 0.2) is 59.5 Å². The quantitative estimate of drug-likeness (QED) is 0.563. The molecule has 2 aromatic carbocycles. The summed E-state index contributed by atoms with van der Waals surface area (Å²) in [6, 6.07) is 13.9. The molecule has 5 nitrogen and oxygen atoms in total. The van der Waals surface area contributed by atoms with Crippen LogP contribution in [0.1, 0.15) is 43.9 Å². The van der Waals surface area contributed by atoms with Gasteiger partial charge in [-0.05, 0) is 36.1 Å². The van der Waals surface area contributed by atoms with Gasteiger partial charge in [-0.15, -0.1) is 0 Å². The number of benzene rings is 2. The van der Waals surface area contributed by atoms with E-state index in [0.717, 1.165) is 16.7 Å². The SMILES string of the molecule is CC(C)c1ccccc1-c1ncc2[nH]c(=O)n([C@H](C)c3ccc(F)cc3)c2n1. The van der Waals surface area contributed by atoms with Gasteiger partial charge in [0.1, 0.15) is 11.3 Å². The van der Waals surface area contributed by atoms with Gasteiger partial charge in [0.2, 0.25) is 0 Å². The van der Waals surface area contributed by atoms with Gasteiger partial charge in [-0.3, -0.25) is 4.57 Å². The van der Waals surface area contributed by atoms with Crippen molar-refractivity contribution in [2.75, 3.05) is 0 Å². The normalized spacial score (nSPS) is 12.6. The molecule has 0 unspecified atom stereocenters. The van der Waals surface area contributed by atoms with Gasteiger partial charge in [-0.25, -0.2) is 19.2 Å². The summed E-state index contributed by atoms with van der Waals surface area (Å²) in [7, 11) is 0. The summed E-state index contributed by atoms with van der Waals surface area (Å²) in [6.45, 7) is 6.14. The van der Waals surface area contributed by atoms with Crippen LogP contribution >= 0.6 is 0 Å². The van der Waals surface area contributed by atoms with Crippen LogP contribution in [0.2, 0.25) is 0 Å². The molecule has 0 aliphatic carbocycles. The molecule has 0 aliphatic heterocycles. The van der Waals surface area contributed by atoms with Crippen LogP contribution < -0.4 is 5.69 Å². The molecule has 28 heavy (non-hydrogen) atoms. The van der Waals surface area contributed by atoms with Crippen LogP contribution in [-0.4, -0.2) is 19.5 Å². The standard InChI is InChI=1S/C22H21FN4O/c1-13(2)17-6-4-5-7-18(17)20-24-12-19-21(26-20)27(22(28)25-19)14(3)15-8-10-16(23)11-9-15/h4-14H,1-3H3,(H,25,28)/t14-/m1/s1. The van der Waals surface area contributed by atoms with Crippen molar-refractivity contribution >= 4 is 11.2 Å². The Morgan fingerprint density at radius 3 is 2.46 bits per heavy atom. The number of imidazole rings is 1. The molecule has 0 saturated heterocycles. The van der Waals surface area contributed by atoms with E-state index in [4.69, 9.17) is 4.98 Å². The van der Waals surface area contributed by atoms with Crippen molar-refractivity contribution in [2.24, 2.45) is 0 Å². The van der Waals surface area contributed by atoms with Crippen molar-refractivity contribution in [3.05, 3.63) is 82.2 Å². The number of fused-ring (bicyclic) bond motifs is 1. The first-order chi connectivity index (χ1) is 13.5. The molecule has 0 bridgehead atoms. The summed E-state index contributed by atoms with van der Waals surface area (Å²) >= 11 is 0. The predicted octanol–water partition coefficient (Wildman–Crippen LogP) is 4.66. The summed E-state index contributed by atoms with van der Waals surface area (Å²) in [5.41, 5.74) is 3.77. The van der Waals surface area contributed by atoms with Gasteiger partial charge >= 0.3 is 5.69 Å². The average Bonchev–Trinajstić information content (AvgIpc) is 3.02. The molecular formula is C22H21FN4O. The fourth-order valence-corrected chi connectivity index (χ4v) is 3.50. The minimum atomic E-state index is -0.308. The van der Waals surface area contributed by atoms with Crippen LogP contribution in [0.3, 0.4) is 0 Å². The van der Waals surface area contributed by atoms with Gasteiger partial charge < -0.3 is 4.98 Å². The fraction of sp³-hybridized carbons (Fsp3) is 0.227. The maximum Gasteiger partial charge on any atom is 0.328 e. The third kappa shape index (κ3) is 3.11. The van der Waals surface area contributed by atoms with Crippen LogP contribution in [0.5, 0.6) is 0 Å². The predicted molar refractivity (Wildman–Crippen MR) is 108 cm³/mol. The van der Waals surface area contributed by atoms with Crippen molar-refractivity contribution in [1.82, 2.24) is 19.5 Å². The number of rotatable bonds is 4. The zero-order valence-corrected chi connectivity index (χ0v) is 16.0. The maximum absolute atomic E-state index is 13.3. The highest BCUT2D eigenvalue weighted by atomic mass is 19.1. The van der Waals surface area contributed by atoms with E-state index in [1.54, 1.807) is 22.9 Å². The Bertz CT molecular complexity index is 1190. The maximum atomic E-state index is 13.3. The highest BCUT2D eigenvalue weighted by molar-refractivity contribution is 5.74.